The van der Waals surface area contributed by atoms with E-state index in [1.807, 2.05) is 18.2 Å². The van der Waals surface area contributed by atoms with Gasteiger partial charge in [-0.3, -0.25) is 14.7 Å². The van der Waals surface area contributed by atoms with Crippen LogP contribution in [-0.4, -0.2) is 21.7 Å². The summed E-state index contributed by atoms with van der Waals surface area (Å²) in [6.07, 6.45) is 1.67. The number of H-pyrrole nitrogens is 1. The number of nitrogens with zero attached hydrogens (tertiary/aromatic N) is 2. The number of aromatic amines is 1. The van der Waals surface area contributed by atoms with Gasteiger partial charge in [0.25, 0.3) is 11.1 Å². The summed E-state index contributed by atoms with van der Waals surface area (Å²) in [6.45, 7) is 0. The molecule has 4 rings (SSSR count). The highest BCUT2D eigenvalue weighted by atomic mass is 16.5. The third-order valence-corrected chi connectivity index (χ3v) is 3.91. The highest BCUT2D eigenvalue weighted by molar-refractivity contribution is 5.79. The Labute approximate surface area is 135 Å². The largest absolute Gasteiger partial charge is 0.496 e. The summed E-state index contributed by atoms with van der Waals surface area (Å²) in [7, 11) is 1.57. The molecule has 0 fully saturated rings. The van der Waals surface area contributed by atoms with Gasteiger partial charge in [-0.25, -0.2) is 4.98 Å². The van der Waals surface area contributed by atoms with Crippen molar-refractivity contribution in [1.29, 1.82) is 0 Å². The Morgan fingerprint density at radius 2 is 1.83 bits per heavy atom. The fourth-order valence-electron chi connectivity index (χ4n) is 2.75. The minimum absolute atomic E-state index is 0.299. The summed E-state index contributed by atoms with van der Waals surface area (Å²) in [5, 5.41) is 3.34. The van der Waals surface area contributed by atoms with Crippen LogP contribution in [0.2, 0.25) is 0 Å². The third-order valence-electron chi connectivity index (χ3n) is 3.91. The van der Waals surface area contributed by atoms with Gasteiger partial charge in [-0.05, 0) is 24.3 Å². The molecule has 1 N–H and O–H groups in total. The smallest absolute Gasteiger partial charge is 0.280 e. The summed E-state index contributed by atoms with van der Waals surface area (Å²) >= 11 is 0. The standard InChI is InChI=1S/C18H13N3O3/c1-24-15-9-5-2-6-11(15)10-13-16-19-14-8-4-3-7-12(14)18(23)21(16)20-17(13)22/h2-10H,1H3,(H,20,22)/b13-10-. The predicted molar refractivity (Wildman–Crippen MR) is 91.4 cm³/mol. The second kappa shape index (κ2) is 5.34. The Bertz CT molecular complexity index is 1240. The van der Waals surface area contributed by atoms with Crippen molar-refractivity contribution < 1.29 is 4.74 Å². The van der Waals surface area contributed by atoms with Gasteiger partial charge in [0.1, 0.15) is 5.75 Å². The van der Waals surface area contributed by atoms with E-state index in [4.69, 9.17) is 4.74 Å². The van der Waals surface area contributed by atoms with E-state index in [0.29, 0.717) is 27.5 Å². The molecule has 0 aliphatic heterocycles. The number of fused-ring (bicyclic) bond motifs is 2. The number of hydrogen-bond acceptors (Lipinski definition) is 4. The first-order chi connectivity index (χ1) is 11.7. The molecule has 0 amide bonds. The fraction of sp³-hybridized carbons (Fsp3) is 0.0556. The van der Waals surface area contributed by atoms with Crippen molar-refractivity contribution in [2.75, 3.05) is 7.11 Å². The fourth-order valence-corrected chi connectivity index (χ4v) is 2.75. The van der Waals surface area contributed by atoms with Gasteiger partial charge in [-0.1, -0.05) is 30.3 Å². The number of hydrogen-bond donors (Lipinski definition) is 1. The zero-order valence-corrected chi connectivity index (χ0v) is 12.8. The van der Waals surface area contributed by atoms with Crippen molar-refractivity contribution in [2.45, 2.75) is 0 Å². The second-order valence-corrected chi connectivity index (χ2v) is 5.33. The van der Waals surface area contributed by atoms with Crippen molar-refractivity contribution in [3.05, 3.63) is 80.0 Å². The van der Waals surface area contributed by atoms with Crippen LogP contribution in [0, 0.1) is 0 Å². The van der Waals surface area contributed by atoms with Gasteiger partial charge in [0.15, 0.2) is 5.65 Å². The molecule has 0 spiro atoms. The van der Waals surface area contributed by atoms with Gasteiger partial charge in [0.2, 0.25) is 0 Å². The van der Waals surface area contributed by atoms with Gasteiger partial charge in [0, 0.05) is 5.56 Å². The summed E-state index contributed by atoms with van der Waals surface area (Å²) in [6, 6.07) is 14.3. The first-order valence-electron chi connectivity index (χ1n) is 7.37. The number of rotatable bonds is 2. The molecular weight excluding hydrogens is 306 g/mol. The lowest BCUT2D eigenvalue weighted by molar-refractivity contribution is 0.414. The van der Waals surface area contributed by atoms with Crippen LogP contribution in [0.15, 0.2) is 58.1 Å². The van der Waals surface area contributed by atoms with Crippen LogP contribution in [0.5, 0.6) is 5.75 Å². The lowest BCUT2D eigenvalue weighted by Crippen LogP contribution is -2.21. The lowest BCUT2D eigenvalue weighted by atomic mass is 10.1. The second-order valence-electron chi connectivity index (χ2n) is 5.33. The minimum Gasteiger partial charge on any atom is -0.496 e. The molecule has 2 aromatic carbocycles. The normalized spacial score (nSPS) is 12.1. The van der Waals surface area contributed by atoms with Crippen molar-refractivity contribution in [3.8, 4) is 5.75 Å². The molecule has 4 aromatic rings. The Kier molecular flexibility index (Phi) is 3.16. The van der Waals surface area contributed by atoms with Crippen LogP contribution in [0.25, 0.3) is 22.6 Å². The molecular formula is C18H13N3O3. The quantitative estimate of drug-likeness (QED) is 0.600. The Hall–Kier alpha value is -3.41. The molecule has 2 aromatic heterocycles. The molecule has 6 heteroatoms. The average molecular weight is 319 g/mol. The monoisotopic (exact) mass is 319 g/mol. The summed E-state index contributed by atoms with van der Waals surface area (Å²) in [5.74, 6) is 0.638. The molecule has 0 atom stereocenters. The summed E-state index contributed by atoms with van der Waals surface area (Å²) < 4.78 is 6.49. The summed E-state index contributed by atoms with van der Waals surface area (Å²) in [5.41, 5.74) is 0.917. The van der Waals surface area contributed by atoms with Crippen LogP contribution >= 0.6 is 0 Å². The van der Waals surface area contributed by atoms with Gasteiger partial charge in [0.05, 0.1) is 23.2 Å². The van der Waals surface area contributed by atoms with Crippen molar-refractivity contribution in [1.82, 2.24) is 14.6 Å². The van der Waals surface area contributed by atoms with Crippen molar-refractivity contribution in [3.63, 3.8) is 0 Å². The van der Waals surface area contributed by atoms with Crippen molar-refractivity contribution in [2.24, 2.45) is 0 Å². The number of benzene rings is 2. The maximum atomic E-state index is 12.5. The zero-order valence-electron chi connectivity index (χ0n) is 12.8. The zero-order chi connectivity index (χ0) is 16.7. The molecule has 2 heterocycles. The molecule has 6 nitrogen and oxygen atoms in total. The third kappa shape index (κ3) is 2.08. The van der Waals surface area contributed by atoms with Crippen LogP contribution in [0.4, 0.5) is 0 Å². The molecule has 0 bridgehead atoms. The summed E-state index contributed by atoms with van der Waals surface area (Å²) in [4.78, 5) is 29.4. The van der Waals surface area contributed by atoms with Crippen LogP contribution < -0.4 is 21.1 Å². The number of ether oxygens (including phenoxy) is 1. The van der Waals surface area contributed by atoms with E-state index in [9.17, 15) is 9.59 Å². The number of nitrogens with one attached hydrogen (secondary N) is 1. The molecule has 0 saturated heterocycles. The van der Waals surface area contributed by atoms with E-state index < -0.39 is 0 Å². The Morgan fingerprint density at radius 3 is 2.67 bits per heavy atom. The maximum absolute atomic E-state index is 12.5. The van der Waals surface area contributed by atoms with Crippen LogP contribution in [-0.2, 0) is 0 Å². The van der Waals surface area contributed by atoms with E-state index in [0.717, 1.165) is 5.56 Å². The van der Waals surface area contributed by atoms with Gasteiger partial charge in [-0.2, -0.15) is 4.52 Å². The molecule has 0 unspecified atom stereocenters. The molecule has 24 heavy (non-hydrogen) atoms. The van der Waals surface area contributed by atoms with E-state index >= 15 is 0 Å². The van der Waals surface area contributed by atoms with Crippen molar-refractivity contribution >= 4 is 22.6 Å². The van der Waals surface area contributed by atoms with Gasteiger partial charge < -0.3 is 4.74 Å². The van der Waals surface area contributed by atoms with E-state index in [2.05, 4.69) is 10.1 Å². The van der Waals surface area contributed by atoms with Gasteiger partial charge in [-0.15, -0.1) is 0 Å². The van der Waals surface area contributed by atoms with Crippen LogP contribution in [0.3, 0.4) is 0 Å². The Morgan fingerprint density at radius 1 is 1.08 bits per heavy atom. The van der Waals surface area contributed by atoms with Gasteiger partial charge >= 0.3 is 0 Å². The average Bonchev–Trinajstić information content (AvgIpc) is 2.92. The molecule has 0 aliphatic carbocycles. The molecule has 0 saturated carbocycles. The van der Waals surface area contributed by atoms with E-state index in [1.165, 1.54) is 4.52 Å². The number of aromatic nitrogens is 3. The first-order valence-corrected chi connectivity index (χ1v) is 7.37. The minimum atomic E-state index is -0.374. The SMILES string of the molecule is COc1ccccc1/C=c1\c(=O)[nH]n2c(=O)c3ccccc3nc12. The highest BCUT2D eigenvalue weighted by Gasteiger charge is 2.10. The molecule has 118 valence electrons. The molecule has 0 aliphatic rings. The van der Waals surface area contributed by atoms with E-state index in [1.54, 1.807) is 43.5 Å². The number of methoxy groups -OCH3 is 1. The topological polar surface area (TPSA) is 76.5 Å². The highest BCUT2D eigenvalue weighted by Crippen LogP contribution is 2.17. The first kappa shape index (κ1) is 14.2. The van der Waals surface area contributed by atoms with Crippen LogP contribution in [0.1, 0.15) is 5.56 Å². The number of para-hydroxylation sites is 2. The predicted octanol–water partition coefficient (Wildman–Crippen LogP) is 1.09. The van der Waals surface area contributed by atoms with E-state index in [-0.39, 0.29) is 11.1 Å². The molecule has 0 radical (unpaired) electrons. The lowest BCUT2D eigenvalue weighted by Gasteiger charge is -2.02. The maximum Gasteiger partial charge on any atom is 0.280 e. The Balaban J connectivity index is 2.13.